The van der Waals surface area contributed by atoms with Gasteiger partial charge in [0.15, 0.2) is 5.17 Å². The summed E-state index contributed by atoms with van der Waals surface area (Å²) in [5.41, 5.74) is 2.02. The van der Waals surface area contributed by atoms with Gasteiger partial charge >= 0.3 is 11.9 Å². The Bertz CT molecular complexity index is 1770. The minimum atomic E-state index is -4.72. The molecule has 1 amide bonds. The highest BCUT2D eigenvalue weighted by Gasteiger charge is 2.33. The highest BCUT2D eigenvalue weighted by atomic mass is 35.5. The molecular weight excluding hydrogens is 593 g/mol. The third-order valence-corrected chi connectivity index (χ3v) is 7.43. The Morgan fingerprint density at radius 2 is 1.74 bits per heavy atom. The van der Waals surface area contributed by atoms with Gasteiger partial charge in [-0.15, -0.1) is 0 Å². The van der Waals surface area contributed by atoms with Crippen LogP contribution in [-0.2, 0) is 11.0 Å². The molecule has 1 aliphatic heterocycles. The number of carbonyl (C=O) groups is 1. The molecule has 0 aliphatic carbocycles. The van der Waals surface area contributed by atoms with Gasteiger partial charge in [-0.1, -0.05) is 11.6 Å². The van der Waals surface area contributed by atoms with Crippen LogP contribution in [0, 0.1) is 24.0 Å². The van der Waals surface area contributed by atoms with Gasteiger partial charge in [-0.3, -0.25) is 14.9 Å². The third kappa shape index (κ3) is 6.19. The summed E-state index contributed by atoms with van der Waals surface area (Å²) in [5.74, 6) is -0.372. The van der Waals surface area contributed by atoms with Crippen LogP contribution in [-0.4, -0.2) is 20.6 Å². The van der Waals surface area contributed by atoms with Gasteiger partial charge in [-0.25, -0.2) is 4.99 Å². The summed E-state index contributed by atoms with van der Waals surface area (Å²) in [5, 5.41) is 15.2. The number of thioether (sulfide) groups is 1. The number of halogens is 4. The first-order valence-corrected chi connectivity index (χ1v) is 13.5. The fraction of sp³-hybridized carbons (Fsp3) is 0.103. The number of nitro benzene ring substituents is 1. The molecule has 1 aromatic heterocycles. The molecule has 8 nitrogen and oxygen atoms in total. The number of nitrogens with one attached hydrogen (secondary N) is 1. The largest absolute Gasteiger partial charge is 0.450 e. The topological polar surface area (TPSA) is 98.8 Å². The molecule has 214 valence electrons. The summed E-state index contributed by atoms with van der Waals surface area (Å²) in [6.07, 6.45) is -2.94. The highest BCUT2D eigenvalue weighted by molar-refractivity contribution is 8.18. The van der Waals surface area contributed by atoms with E-state index in [1.807, 2.05) is 24.5 Å². The number of aromatic nitrogens is 1. The van der Waals surface area contributed by atoms with Gasteiger partial charge in [0.05, 0.1) is 21.1 Å². The lowest BCUT2D eigenvalue weighted by Gasteiger charge is -2.12. The number of hydrogen-bond acceptors (Lipinski definition) is 6. The van der Waals surface area contributed by atoms with E-state index in [1.54, 1.807) is 54.6 Å². The van der Waals surface area contributed by atoms with Crippen molar-refractivity contribution in [2.24, 2.45) is 4.99 Å². The summed E-state index contributed by atoms with van der Waals surface area (Å²) < 4.78 is 46.5. The molecule has 0 radical (unpaired) electrons. The van der Waals surface area contributed by atoms with Crippen molar-refractivity contribution in [3.63, 3.8) is 0 Å². The van der Waals surface area contributed by atoms with Crippen molar-refractivity contribution in [1.82, 2.24) is 9.88 Å². The number of carbonyl (C=O) groups excluding carboxylic acids is 1. The van der Waals surface area contributed by atoms with Gasteiger partial charge in [0.2, 0.25) is 5.75 Å². The van der Waals surface area contributed by atoms with Gasteiger partial charge in [0, 0.05) is 28.2 Å². The first kappa shape index (κ1) is 29.0. The number of hydrogen-bond donors (Lipinski definition) is 1. The Kier molecular flexibility index (Phi) is 7.85. The molecule has 1 saturated heterocycles. The summed E-state index contributed by atoms with van der Waals surface area (Å²) in [6, 6.07) is 17.5. The van der Waals surface area contributed by atoms with E-state index in [4.69, 9.17) is 16.3 Å². The lowest BCUT2D eigenvalue weighted by Crippen LogP contribution is -2.19. The van der Waals surface area contributed by atoms with Crippen molar-refractivity contribution in [2.75, 3.05) is 0 Å². The predicted octanol–water partition coefficient (Wildman–Crippen LogP) is 8.36. The van der Waals surface area contributed by atoms with Gasteiger partial charge in [0.1, 0.15) is 5.75 Å². The van der Waals surface area contributed by atoms with Crippen LogP contribution < -0.4 is 10.1 Å². The Morgan fingerprint density at radius 1 is 1.05 bits per heavy atom. The molecule has 0 atom stereocenters. The Morgan fingerprint density at radius 3 is 2.38 bits per heavy atom. The van der Waals surface area contributed by atoms with Crippen molar-refractivity contribution in [3.05, 3.63) is 115 Å². The zero-order valence-electron chi connectivity index (χ0n) is 21.9. The van der Waals surface area contributed by atoms with E-state index >= 15 is 0 Å². The number of alkyl halides is 3. The Hall–Kier alpha value is -4.55. The molecule has 0 spiro atoms. The molecule has 1 N–H and O–H groups in total. The number of aryl methyl sites for hydroxylation is 1. The Balaban J connectivity index is 1.36. The quantitative estimate of drug-likeness (QED) is 0.134. The van der Waals surface area contributed by atoms with E-state index < -0.39 is 22.4 Å². The molecule has 42 heavy (non-hydrogen) atoms. The van der Waals surface area contributed by atoms with Crippen LogP contribution in [0.5, 0.6) is 11.5 Å². The van der Waals surface area contributed by atoms with Gasteiger partial charge < -0.3 is 14.6 Å². The number of benzene rings is 3. The summed E-state index contributed by atoms with van der Waals surface area (Å²) in [6.45, 7) is 3.80. The molecule has 5 rings (SSSR count). The molecule has 0 unspecified atom stereocenters. The molecule has 13 heteroatoms. The first-order valence-electron chi connectivity index (χ1n) is 12.3. The Labute approximate surface area is 246 Å². The molecule has 1 aliphatic rings. The smallest absolute Gasteiger partial charge is 0.416 e. The first-order chi connectivity index (χ1) is 19.9. The van der Waals surface area contributed by atoms with Crippen molar-refractivity contribution < 1.29 is 27.6 Å². The number of aliphatic imine (C=N–C) groups is 1. The van der Waals surface area contributed by atoms with E-state index in [0.717, 1.165) is 34.8 Å². The number of amidine groups is 1. The third-order valence-electron chi connectivity index (χ3n) is 6.27. The van der Waals surface area contributed by atoms with Crippen LogP contribution in [0.2, 0.25) is 5.02 Å². The zero-order chi connectivity index (χ0) is 30.2. The second kappa shape index (κ2) is 11.4. The van der Waals surface area contributed by atoms with Crippen molar-refractivity contribution in [3.8, 4) is 17.2 Å². The minimum Gasteiger partial charge on any atom is -0.450 e. The van der Waals surface area contributed by atoms with Crippen LogP contribution in [0.4, 0.5) is 24.5 Å². The molecule has 1 fully saturated rings. The molecule has 3 aromatic carbocycles. The average Bonchev–Trinajstić information content (AvgIpc) is 3.42. The summed E-state index contributed by atoms with van der Waals surface area (Å²) in [4.78, 5) is 28.0. The fourth-order valence-electron chi connectivity index (χ4n) is 4.30. The standard InChI is InChI=1S/C29H20ClF3N4O4S/c1-16-13-18(14-26-27(38)35-28(42-26)34-21-6-4-20(30)5-7-21)17(2)36(16)22-8-10-23(11-9-22)41-25-12-3-19(29(31,32)33)15-24(25)37(39)40/h3-15H,1-2H3,(H,34,35,38)/b26-14-. The van der Waals surface area contributed by atoms with Crippen LogP contribution in [0.3, 0.4) is 0 Å². The SMILES string of the molecule is Cc1cc(/C=C2\SC(=Nc3ccc(Cl)cc3)NC2=O)c(C)n1-c1ccc(Oc2ccc(C(F)(F)F)cc2[N+](=O)[O-])cc1. The average molecular weight is 613 g/mol. The number of nitrogens with zero attached hydrogens (tertiary/aromatic N) is 3. The molecular formula is C29H20ClF3N4O4S. The lowest BCUT2D eigenvalue weighted by molar-refractivity contribution is -0.385. The number of rotatable bonds is 6. The number of amides is 1. The normalized spacial score (nSPS) is 15.3. The molecule has 0 bridgehead atoms. The van der Waals surface area contributed by atoms with Gasteiger partial charge in [0.25, 0.3) is 5.91 Å². The molecule has 2 heterocycles. The van der Waals surface area contributed by atoms with E-state index in [0.29, 0.717) is 26.8 Å². The van der Waals surface area contributed by atoms with Crippen molar-refractivity contribution in [1.29, 1.82) is 0 Å². The molecule has 4 aromatic rings. The van der Waals surface area contributed by atoms with E-state index in [1.165, 1.54) is 11.8 Å². The highest BCUT2D eigenvalue weighted by Crippen LogP contribution is 2.38. The van der Waals surface area contributed by atoms with Crippen LogP contribution in [0.1, 0.15) is 22.5 Å². The summed E-state index contributed by atoms with van der Waals surface area (Å²) >= 11 is 7.14. The molecule has 0 saturated carbocycles. The van der Waals surface area contributed by atoms with Crippen LogP contribution >= 0.6 is 23.4 Å². The van der Waals surface area contributed by atoms with Crippen molar-refractivity contribution in [2.45, 2.75) is 20.0 Å². The van der Waals surface area contributed by atoms with E-state index in [9.17, 15) is 28.1 Å². The monoisotopic (exact) mass is 612 g/mol. The number of nitro groups is 1. The number of ether oxygens (including phenoxy) is 1. The van der Waals surface area contributed by atoms with Crippen LogP contribution in [0.25, 0.3) is 11.8 Å². The van der Waals surface area contributed by atoms with Gasteiger partial charge in [-0.05, 0) is 104 Å². The maximum absolute atomic E-state index is 13.0. The second-order valence-electron chi connectivity index (χ2n) is 9.15. The van der Waals surface area contributed by atoms with E-state index in [-0.39, 0.29) is 17.4 Å². The van der Waals surface area contributed by atoms with Gasteiger partial charge in [-0.2, -0.15) is 13.2 Å². The van der Waals surface area contributed by atoms with Crippen LogP contribution in [0.15, 0.2) is 82.7 Å². The lowest BCUT2D eigenvalue weighted by atomic mass is 10.2. The summed E-state index contributed by atoms with van der Waals surface area (Å²) in [7, 11) is 0. The second-order valence-corrected chi connectivity index (χ2v) is 10.6. The maximum atomic E-state index is 13.0. The fourth-order valence-corrected chi connectivity index (χ4v) is 5.26. The van der Waals surface area contributed by atoms with Crippen molar-refractivity contribution >= 4 is 51.9 Å². The zero-order valence-corrected chi connectivity index (χ0v) is 23.5. The predicted molar refractivity (Wildman–Crippen MR) is 156 cm³/mol. The van der Waals surface area contributed by atoms with E-state index in [2.05, 4.69) is 10.3 Å². The maximum Gasteiger partial charge on any atom is 0.416 e. The minimum absolute atomic E-state index is 0.206.